The Balaban J connectivity index is 1.28. The molecule has 5 rings (SSSR count). The number of hydrazone groups is 1. The number of urea groups is 1. The van der Waals surface area contributed by atoms with Crippen LogP contribution in [0.1, 0.15) is 45.3 Å². The average Bonchev–Trinajstić information content (AvgIpc) is 3.52. The summed E-state index contributed by atoms with van der Waals surface area (Å²) < 4.78 is 15.6. The number of benzene rings is 1. The minimum Gasteiger partial charge on any atom is -0.365 e. The van der Waals surface area contributed by atoms with Gasteiger partial charge in [-0.3, -0.25) is 4.79 Å². The molecule has 4 heterocycles. The van der Waals surface area contributed by atoms with Crippen molar-refractivity contribution in [1.29, 1.82) is 5.26 Å². The minimum atomic E-state index is -0.547. The number of aryl methyl sites for hydroxylation is 1. The summed E-state index contributed by atoms with van der Waals surface area (Å²) in [6.07, 6.45) is 3.68. The Morgan fingerprint density at radius 3 is 2.61 bits per heavy atom. The van der Waals surface area contributed by atoms with E-state index in [0.29, 0.717) is 66.9 Å². The summed E-state index contributed by atoms with van der Waals surface area (Å²) in [5.41, 5.74) is 7.69. The maximum atomic E-state index is 14.0. The third-order valence-electron chi connectivity index (χ3n) is 6.68. The van der Waals surface area contributed by atoms with E-state index in [1.165, 1.54) is 11.1 Å². The lowest BCUT2D eigenvalue weighted by Gasteiger charge is -2.37. The first-order valence-corrected chi connectivity index (χ1v) is 12.0. The second-order valence-electron chi connectivity index (χ2n) is 9.07. The fourth-order valence-electron chi connectivity index (χ4n) is 4.82. The van der Waals surface area contributed by atoms with Crippen LogP contribution in [-0.4, -0.2) is 74.0 Å². The molecule has 194 valence electrons. The lowest BCUT2D eigenvalue weighted by Crippen LogP contribution is -2.52. The number of aromatic nitrogens is 4. The van der Waals surface area contributed by atoms with Gasteiger partial charge in [-0.1, -0.05) is 0 Å². The fourth-order valence-corrected chi connectivity index (χ4v) is 4.82. The van der Waals surface area contributed by atoms with Crippen LogP contribution in [0.25, 0.3) is 5.82 Å². The predicted molar refractivity (Wildman–Crippen MR) is 135 cm³/mol. The van der Waals surface area contributed by atoms with Gasteiger partial charge in [-0.2, -0.15) is 20.4 Å². The molecule has 1 atom stereocenters. The zero-order valence-electron chi connectivity index (χ0n) is 20.9. The number of halogens is 1. The highest BCUT2D eigenvalue weighted by Crippen LogP contribution is 2.31. The molecule has 12 nitrogen and oxygen atoms in total. The van der Waals surface area contributed by atoms with Gasteiger partial charge in [-0.25, -0.2) is 23.9 Å². The number of primary amides is 1. The van der Waals surface area contributed by atoms with Crippen molar-refractivity contribution >= 4 is 24.1 Å². The van der Waals surface area contributed by atoms with E-state index in [9.17, 15) is 19.2 Å². The maximum Gasteiger partial charge on any atom is 0.341 e. The average molecular weight is 517 g/mol. The van der Waals surface area contributed by atoms with E-state index in [1.54, 1.807) is 48.0 Å². The smallest absolute Gasteiger partial charge is 0.341 e. The number of carbonyl (C=O) groups is 2. The Morgan fingerprint density at radius 1 is 1.16 bits per heavy atom. The van der Waals surface area contributed by atoms with Crippen molar-refractivity contribution in [2.75, 3.05) is 31.1 Å². The molecule has 1 fully saturated rings. The summed E-state index contributed by atoms with van der Waals surface area (Å²) in [6, 6.07) is 6.95. The van der Waals surface area contributed by atoms with E-state index in [0.717, 1.165) is 6.07 Å². The Hall–Kier alpha value is -4.86. The molecule has 0 aliphatic carbocycles. The third-order valence-corrected chi connectivity index (χ3v) is 6.68. The van der Waals surface area contributed by atoms with Crippen molar-refractivity contribution in [3.8, 4) is 11.9 Å². The summed E-state index contributed by atoms with van der Waals surface area (Å²) >= 11 is 0. The van der Waals surface area contributed by atoms with Gasteiger partial charge in [0.1, 0.15) is 5.82 Å². The lowest BCUT2D eigenvalue weighted by atomic mass is 10.0. The number of nitrogens with zero attached hydrogens (tertiary/aromatic N) is 9. The molecule has 3 amide bonds. The highest BCUT2D eigenvalue weighted by molar-refractivity contribution is 5.95. The van der Waals surface area contributed by atoms with E-state index in [1.807, 2.05) is 11.0 Å². The molecule has 38 heavy (non-hydrogen) atoms. The second kappa shape index (κ2) is 9.89. The Kier molecular flexibility index (Phi) is 6.46. The quantitative estimate of drug-likeness (QED) is 0.558. The summed E-state index contributed by atoms with van der Waals surface area (Å²) in [4.78, 5) is 37.8. The van der Waals surface area contributed by atoms with E-state index in [2.05, 4.69) is 20.2 Å². The number of carbonyl (C=O) groups excluding carboxylic acids is 2. The number of amides is 3. The zero-order valence-corrected chi connectivity index (χ0v) is 20.9. The molecule has 2 aromatic heterocycles. The van der Waals surface area contributed by atoms with Crippen molar-refractivity contribution in [2.24, 2.45) is 10.8 Å². The number of piperazine rings is 1. The molecule has 13 heteroatoms. The van der Waals surface area contributed by atoms with E-state index < -0.39 is 17.8 Å². The van der Waals surface area contributed by atoms with Crippen LogP contribution in [0.3, 0.4) is 0 Å². The van der Waals surface area contributed by atoms with Crippen LogP contribution in [0.15, 0.2) is 35.6 Å². The van der Waals surface area contributed by atoms with Crippen LogP contribution in [-0.2, 0) is 0 Å². The topological polar surface area (TPSA) is 150 Å². The van der Waals surface area contributed by atoms with Gasteiger partial charge >= 0.3 is 6.03 Å². The fraction of sp³-hybridized carbons (Fsp3) is 0.320. The molecule has 3 aromatic rings. The monoisotopic (exact) mass is 516 g/mol. The number of hydrogen-bond acceptors (Lipinski definition) is 8. The van der Waals surface area contributed by atoms with Gasteiger partial charge in [0.25, 0.3) is 5.91 Å². The zero-order chi connectivity index (χ0) is 27.0. The first-order valence-electron chi connectivity index (χ1n) is 12.0. The van der Waals surface area contributed by atoms with Gasteiger partial charge in [-0.05, 0) is 37.6 Å². The standard InChI is InChI=1S/C25H25FN10O2/c1-15-22(23(28)37)16(2)35(32-15)21-4-5-29-24(31-21)33-7-9-34(10-8-33)25(38)36-20(3-6-30-36)18-11-17(14-27)12-19(26)13-18/h4-6,11-13,20H,3,7-10H2,1-2H3,(H2,28,37)/t20-/m0/s1. The second-order valence-corrected chi connectivity index (χ2v) is 9.07. The number of anilines is 1. The van der Waals surface area contributed by atoms with Gasteiger partial charge in [0.05, 0.1) is 34.6 Å². The van der Waals surface area contributed by atoms with Gasteiger partial charge in [0.15, 0.2) is 5.82 Å². The molecule has 1 aromatic carbocycles. The highest BCUT2D eigenvalue weighted by Gasteiger charge is 2.34. The molecule has 1 saturated heterocycles. The lowest BCUT2D eigenvalue weighted by molar-refractivity contribution is 0.0999. The molecule has 0 radical (unpaired) electrons. The summed E-state index contributed by atoms with van der Waals surface area (Å²) in [5, 5.41) is 19.2. The summed E-state index contributed by atoms with van der Waals surface area (Å²) in [7, 11) is 0. The summed E-state index contributed by atoms with van der Waals surface area (Å²) in [6.45, 7) is 5.26. The van der Waals surface area contributed by atoms with Gasteiger partial charge < -0.3 is 15.5 Å². The van der Waals surface area contributed by atoms with E-state index in [4.69, 9.17) is 5.73 Å². The SMILES string of the molecule is Cc1nn(-c2ccnc(N3CCN(C(=O)N4N=CC[C@H]4c4cc(F)cc(C#N)c4)CC3)n2)c(C)c1C(N)=O. The number of hydrogen-bond donors (Lipinski definition) is 1. The van der Waals surface area contributed by atoms with Crippen LogP contribution in [0.4, 0.5) is 15.1 Å². The van der Waals surface area contributed by atoms with Crippen molar-refractivity contribution in [3.63, 3.8) is 0 Å². The van der Waals surface area contributed by atoms with Crippen LogP contribution in [0.5, 0.6) is 0 Å². The molecular weight excluding hydrogens is 491 g/mol. The van der Waals surface area contributed by atoms with Crippen molar-refractivity contribution in [1.82, 2.24) is 29.7 Å². The highest BCUT2D eigenvalue weighted by atomic mass is 19.1. The van der Waals surface area contributed by atoms with Crippen molar-refractivity contribution in [3.05, 3.63) is 64.4 Å². The Morgan fingerprint density at radius 2 is 1.92 bits per heavy atom. The summed E-state index contributed by atoms with van der Waals surface area (Å²) in [5.74, 6) is -0.0966. The molecule has 2 aliphatic heterocycles. The van der Waals surface area contributed by atoms with Gasteiger partial charge in [0, 0.05) is 51.1 Å². The first-order chi connectivity index (χ1) is 18.3. The van der Waals surface area contributed by atoms with Crippen molar-refractivity contribution < 1.29 is 14.0 Å². The number of nitrogens with two attached hydrogens (primary N) is 1. The molecule has 0 unspecified atom stereocenters. The van der Waals surface area contributed by atoms with Crippen LogP contribution >= 0.6 is 0 Å². The number of rotatable bonds is 4. The van der Waals surface area contributed by atoms with Crippen LogP contribution in [0, 0.1) is 31.0 Å². The van der Waals surface area contributed by atoms with Gasteiger partial charge in [-0.15, -0.1) is 0 Å². The van der Waals surface area contributed by atoms with E-state index in [-0.39, 0.29) is 11.6 Å². The Bertz CT molecular complexity index is 1490. The largest absolute Gasteiger partial charge is 0.365 e. The molecule has 0 bridgehead atoms. The molecule has 2 N–H and O–H groups in total. The number of nitriles is 1. The minimum absolute atomic E-state index is 0.196. The van der Waals surface area contributed by atoms with Gasteiger partial charge in [0.2, 0.25) is 5.95 Å². The molecule has 0 spiro atoms. The Labute approximate surface area is 217 Å². The van der Waals surface area contributed by atoms with Crippen molar-refractivity contribution in [2.45, 2.75) is 26.3 Å². The molecule has 0 saturated carbocycles. The molecule has 2 aliphatic rings. The van der Waals surface area contributed by atoms with Crippen LogP contribution < -0.4 is 10.6 Å². The first kappa shape index (κ1) is 24.8. The maximum absolute atomic E-state index is 14.0. The normalized spacial score (nSPS) is 17.1. The molecular formula is C25H25FN10O2. The predicted octanol–water partition coefficient (Wildman–Crippen LogP) is 2.06. The van der Waals surface area contributed by atoms with E-state index >= 15 is 0 Å². The van der Waals surface area contributed by atoms with Crippen LogP contribution in [0.2, 0.25) is 0 Å². The third kappa shape index (κ3) is 4.52.